The van der Waals surface area contributed by atoms with Gasteiger partial charge in [0.25, 0.3) is 0 Å². The zero-order chi connectivity index (χ0) is 16.1. The second-order valence-corrected chi connectivity index (χ2v) is 6.12. The van der Waals surface area contributed by atoms with E-state index < -0.39 is 0 Å². The van der Waals surface area contributed by atoms with E-state index in [-0.39, 0.29) is 0 Å². The molecule has 0 amide bonds. The minimum Gasteiger partial charge on any atom is -0.354 e. The van der Waals surface area contributed by atoms with Crippen LogP contribution in [0, 0.1) is 0 Å². The SMILES string of the molecule is CCCNc1ncc(-c2nccn2[C@@H]2CCN[C@@H](CC)C2)cn1. The standard InChI is InChI=1S/C17H26N6/c1-3-6-20-17-21-11-13(12-22-17)16-19-8-9-23(16)15-5-7-18-14(4-2)10-15/h8-9,11-12,14-15,18H,3-7,10H2,1-2H3,(H,20,21,22)/t14-,15+/m0/s1. The summed E-state index contributed by atoms with van der Waals surface area (Å²) in [5.74, 6) is 1.65. The van der Waals surface area contributed by atoms with Gasteiger partial charge in [-0.3, -0.25) is 0 Å². The third-order valence-electron chi connectivity index (χ3n) is 4.47. The molecule has 0 saturated carbocycles. The van der Waals surface area contributed by atoms with Crippen LogP contribution < -0.4 is 10.6 Å². The van der Waals surface area contributed by atoms with Crippen LogP contribution in [0.3, 0.4) is 0 Å². The fourth-order valence-electron chi connectivity index (χ4n) is 3.15. The van der Waals surface area contributed by atoms with E-state index >= 15 is 0 Å². The molecule has 0 unspecified atom stereocenters. The first-order valence-electron chi connectivity index (χ1n) is 8.64. The highest BCUT2D eigenvalue weighted by Crippen LogP contribution is 2.28. The van der Waals surface area contributed by atoms with Gasteiger partial charge in [-0.2, -0.15) is 0 Å². The Morgan fingerprint density at radius 2 is 2.09 bits per heavy atom. The average Bonchev–Trinajstić information content (AvgIpc) is 3.10. The van der Waals surface area contributed by atoms with E-state index in [9.17, 15) is 0 Å². The van der Waals surface area contributed by atoms with Crippen molar-refractivity contribution in [2.24, 2.45) is 0 Å². The maximum atomic E-state index is 4.55. The molecule has 6 heteroatoms. The average molecular weight is 314 g/mol. The second kappa shape index (κ2) is 7.55. The fraction of sp³-hybridized carbons (Fsp3) is 0.588. The van der Waals surface area contributed by atoms with Crippen molar-refractivity contribution < 1.29 is 0 Å². The van der Waals surface area contributed by atoms with Crippen molar-refractivity contribution in [3.05, 3.63) is 24.8 Å². The summed E-state index contributed by atoms with van der Waals surface area (Å²) in [6, 6.07) is 1.09. The van der Waals surface area contributed by atoms with Crippen LogP contribution in [-0.2, 0) is 0 Å². The van der Waals surface area contributed by atoms with Gasteiger partial charge in [0.1, 0.15) is 5.82 Å². The first kappa shape index (κ1) is 15.9. The van der Waals surface area contributed by atoms with Crippen LogP contribution in [0.2, 0.25) is 0 Å². The van der Waals surface area contributed by atoms with E-state index in [0.717, 1.165) is 43.7 Å². The van der Waals surface area contributed by atoms with Crippen LogP contribution in [0.25, 0.3) is 11.4 Å². The molecule has 1 fully saturated rings. The summed E-state index contributed by atoms with van der Waals surface area (Å²) in [4.78, 5) is 13.3. The van der Waals surface area contributed by atoms with E-state index in [4.69, 9.17) is 0 Å². The van der Waals surface area contributed by atoms with Crippen molar-refractivity contribution in [1.82, 2.24) is 24.8 Å². The second-order valence-electron chi connectivity index (χ2n) is 6.12. The number of aromatic nitrogens is 4. The summed E-state index contributed by atoms with van der Waals surface area (Å²) < 4.78 is 2.29. The predicted octanol–water partition coefficient (Wildman–Crippen LogP) is 2.87. The van der Waals surface area contributed by atoms with E-state index in [0.29, 0.717) is 18.0 Å². The predicted molar refractivity (Wildman–Crippen MR) is 92.4 cm³/mol. The van der Waals surface area contributed by atoms with Gasteiger partial charge in [-0.15, -0.1) is 0 Å². The molecule has 0 radical (unpaired) electrons. The largest absolute Gasteiger partial charge is 0.354 e. The molecule has 1 aliphatic rings. The van der Waals surface area contributed by atoms with Gasteiger partial charge in [-0.25, -0.2) is 15.0 Å². The third-order valence-corrected chi connectivity index (χ3v) is 4.47. The molecule has 124 valence electrons. The van der Waals surface area contributed by atoms with Crippen LogP contribution in [0.15, 0.2) is 24.8 Å². The molecule has 2 aromatic rings. The summed E-state index contributed by atoms with van der Waals surface area (Å²) in [5, 5.41) is 6.78. The molecule has 3 rings (SSSR count). The van der Waals surface area contributed by atoms with E-state index in [1.165, 1.54) is 6.42 Å². The van der Waals surface area contributed by atoms with Gasteiger partial charge in [0.2, 0.25) is 5.95 Å². The number of rotatable bonds is 6. The molecule has 0 aromatic carbocycles. The topological polar surface area (TPSA) is 67.7 Å². The van der Waals surface area contributed by atoms with Gasteiger partial charge in [-0.05, 0) is 32.2 Å². The molecule has 0 aliphatic carbocycles. The third kappa shape index (κ3) is 3.69. The Morgan fingerprint density at radius 1 is 1.26 bits per heavy atom. The quantitative estimate of drug-likeness (QED) is 0.858. The number of nitrogens with zero attached hydrogens (tertiary/aromatic N) is 4. The molecule has 2 aromatic heterocycles. The summed E-state index contributed by atoms with van der Waals surface area (Å²) in [6.07, 6.45) is 12.2. The maximum absolute atomic E-state index is 4.55. The van der Waals surface area contributed by atoms with Crippen molar-refractivity contribution in [3.8, 4) is 11.4 Å². The molecule has 3 heterocycles. The van der Waals surface area contributed by atoms with Crippen LogP contribution >= 0.6 is 0 Å². The Hall–Kier alpha value is -1.95. The van der Waals surface area contributed by atoms with Crippen molar-refractivity contribution in [2.45, 2.75) is 51.6 Å². The molecule has 0 spiro atoms. The fourth-order valence-corrected chi connectivity index (χ4v) is 3.15. The summed E-state index contributed by atoms with van der Waals surface area (Å²) in [6.45, 7) is 6.32. The Labute approximate surface area is 137 Å². The van der Waals surface area contributed by atoms with E-state index in [1.807, 2.05) is 18.6 Å². The van der Waals surface area contributed by atoms with Crippen molar-refractivity contribution in [1.29, 1.82) is 0 Å². The monoisotopic (exact) mass is 314 g/mol. The van der Waals surface area contributed by atoms with Gasteiger partial charge < -0.3 is 15.2 Å². The van der Waals surface area contributed by atoms with Gasteiger partial charge in [-0.1, -0.05) is 13.8 Å². The molecule has 2 N–H and O–H groups in total. The number of imidazole rings is 1. The number of hydrogen-bond donors (Lipinski definition) is 2. The van der Waals surface area contributed by atoms with E-state index in [2.05, 4.69) is 50.2 Å². The van der Waals surface area contributed by atoms with E-state index in [1.54, 1.807) is 0 Å². The maximum Gasteiger partial charge on any atom is 0.222 e. The zero-order valence-electron chi connectivity index (χ0n) is 14.0. The van der Waals surface area contributed by atoms with Crippen molar-refractivity contribution in [2.75, 3.05) is 18.4 Å². The molecular weight excluding hydrogens is 288 g/mol. The first-order valence-corrected chi connectivity index (χ1v) is 8.64. The molecule has 2 atom stereocenters. The molecule has 6 nitrogen and oxygen atoms in total. The molecular formula is C17H26N6. The van der Waals surface area contributed by atoms with Gasteiger partial charge in [0, 0.05) is 43.4 Å². The summed E-state index contributed by atoms with van der Waals surface area (Å²) in [7, 11) is 0. The van der Waals surface area contributed by atoms with Crippen LogP contribution in [-0.4, -0.2) is 38.7 Å². The molecule has 0 bridgehead atoms. The highest BCUT2D eigenvalue weighted by molar-refractivity contribution is 5.54. The zero-order valence-corrected chi connectivity index (χ0v) is 14.0. The molecule has 1 aliphatic heterocycles. The highest BCUT2D eigenvalue weighted by Gasteiger charge is 2.23. The lowest BCUT2D eigenvalue weighted by atomic mass is 9.97. The smallest absolute Gasteiger partial charge is 0.222 e. The highest BCUT2D eigenvalue weighted by atomic mass is 15.1. The van der Waals surface area contributed by atoms with Crippen molar-refractivity contribution in [3.63, 3.8) is 0 Å². The lowest BCUT2D eigenvalue weighted by Crippen LogP contribution is -2.38. The first-order chi connectivity index (χ1) is 11.3. The summed E-state index contributed by atoms with van der Waals surface area (Å²) in [5.41, 5.74) is 0.976. The lowest BCUT2D eigenvalue weighted by Gasteiger charge is -2.31. The molecule has 23 heavy (non-hydrogen) atoms. The molecule has 1 saturated heterocycles. The van der Waals surface area contributed by atoms with Crippen LogP contribution in [0.1, 0.15) is 45.6 Å². The number of hydrogen-bond acceptors (Lipinski definition) is 5. The van der Waals surface area contributed by atoms with Crippen molar-refractivity contribution >= 4 is 5.95 Å². The Balaban J connectivity index is 1.77. The van der Waals surface area contributed by atoms with Gasteiger partial charge >= 0.3 is 0 Å². The number of nitrogens with one attached hydrogen (secondary N) is 2. The number of anilines is 1. The Bertz CT molecular complexity index is 606. The Kier molecular flexibility index (Phi) is 5.23. The van der Waals surface area contributed by atoms with Gasteiger partial charge in [0.15, 0.2) is 0 Å². The summed E-state index contributed by atoms with van der Waals surface area (Å²) >= 11 is 0. The normalized spacial score (nSPS) is 21.3. The van der Waals surface area contributed by atoms with Crippen LogP contribution in [0.4, 0.5) is 5.95 Å². The minimum absolute atomic E-state index is 0.497. The lowest BCUT2D eigenvalue weighted by molar-refractivity contribution is 0.297. The van der Waals surface area contributed by atoms with Gasteiger partial charge in [0.05, 0.1) is 5.56 Å². The van der Waals surface area contributed by atoms with Crippen LogP contribution in [0.5, 0.6) is 0 Å². The number of piperidine rings is 1. The Morgan fingerprint density at radius 3 is 2.83 bits per heavy atom. The minimum atomic E-state index is 0.497.